The van der Waals surface area contributed by atoms with Crippen molar-refractivity contribution in [2.75, 3.05) is 42.6 Å². The zero-order valence-corrected chi connectivity index (χ0v) is 11.7. The van der Waals surface area contributed by atoms with Crippen LogP contribution in [0.25, 0.3) is 0 Å². The van der Waals surface area contributed by atoms with Gasteiger partial charge in [-0.1, -0.05) is 0 Å². The number of cyclic esters (lactones) is 1. The Morgan fingerprint density at radius 1 is 1.14 bits per heavy atom. The summed E-state index contributed by atoms with van der Waals surface area (Å²) in [6, 6.07) is 7.32. The Balaban J connectivity index is 1.75. The number of ether oxygens (including phenoxy) is 2. The molecule has 0 aromatic heterocycles. The largest absolute Gasteiger partial charge is 0.438 e. The molecule has 1 aromatic carbocycles. The standard InChI is InChI=1S/C14H17N3O4/c15-7-12-8-17(14(19)21-12)11-3-1-10(2-4-11)16-5-6-20-9-13(16)18/h1-4,12H,5-9,15H2/p+1/t12-/m0/s1. The molecule has 7 nitrogen and oxygen atoms in total. The van der Waals surface area contributed by atoms with Crippen LogP contribution in [0.3, 0.4) is 0 Å². The van der Waals surface area contributed by atoms with E-state index in [1.807, 2.05) is 24.3 Å². The molecule has 1 aromatic rings. The van der Waals surface area contributed by atoms with E-state index in [2.05, 4.69) is 5.73 Å². The first-order chi connectivity index (χ1) is 10.2. The number of morpholine rings is 1. The molecule has 2 aliphatic heterocycles. The van der Waals surface area contributed by atoms with E-state index in [9.17, 15) is 9.59 Å². The molecule has 0 unspecified atom stereocenters. The molecule has 0 saturated carbocycles. The summed E-state index contributed by atoms with van der Waals surface area (Å²) in [5.74, 6) is -0.0493. The van der Waals surface area contributed by atoms with Crippen molar-refractivity contribution in [1.29, 1.82) is 0 Å². The molecule has 2 amide bonds. The maximum Gasteiger partial charge on any atom is 0.414 e. The van der Waals surface area contributed by atoms with Gasteiger partial charge in [0.25, 0.3) is 5.91 Å². The van der Waals surface area contributed by atoms with E-state index in [4.69, 9.17) is 9.47 Å². The van der Waals surface area contributed by atoms with Crippen LogP contribution in [0.1, 0.15) is 0 Å². The second kappa shape index (κ2) is 5.71. The normalized spacial score (nSPS) is 22.6. The predicted octanol–water partition coefficient (Wildman–Crippen LogP) is -0.383. The van der Waals surface area contributed by atoms with Crippen LogP contribution in [0.5, 0.6) is 0 Å². The van der Waals surface area contributed by atoms with Gasteiger partial charge >= 0.3 is 6.09 Å². The van der Waals surface area contributed by atoms with E-state index in [1.165, 1.54) is 0 Å². The number of hydrogen-bond acceptors (Lipinski definition) is 4. The Hall–Kier alpha value is -2.12. The third kappa shape index (κ3) is 2.70. The lowest BCUT2D eigenvalue weighted by Crippen LogP contribution is -2.56. The quantitative estimate of drug-likeness (QED) is 0.822. The number of nitrogens with zero attached hydrogens (tertiary/aromatic N) is 2. The molecule has 1 atom stereocenters. The molecular weight excluding hydrogens is 274 g/mol. The van der Waals surface area contributed by atoms with Crippen LogP contribution < -0.4 is 15.5 Å². The highest BCUT2D eigenvalue weighted by Gasteiger charge is 2.32. The zero-order chi connectivity index (χ0) is 14.8. The molecule has 0 radical (unpaired) electrons. The number of carbonyl (C=O) groups is 2. The maximum absolute atomic E-state index is 11.8. The molecule has 3 rings (SSSR count). The van der Waals surface area contributed by atoms with E-state index in [1.54, 1.807) is 9.80 Å². The summed E-state index contributed by atoms with van der Waals surface area (Å²) in [5.41, 5.74) is 5.33. The highest BCUT2D eigenvalue weighted by molar-refractivity contribution is 5.95. The Morgan fingerprint density at radius 3 is 2.38 bits per heavy atom. The molecule has 0 aliphatic carbocycles. The second-order valence-electron chi connectivity index (χ2n) is 5.02. The molecule has 2 heterocycles. The first-order valence-corrected chi connectivity index (χ1v) is 6.94. The van der Waals surface area contributed by atoms with Crippen LogP contribution in [0.2, 0.25) is 0 Å². The molecule has 0 spiro atoms. The average molecular weight is 292 g/mol. The van der Waals surface area contributed by atoms with E-state index >= 15 is 0 Å². The first kappa shape index (κ1) is 13.8. The van der Waals surface area contributed by atoms with Gasteiger partial charge in [0.1, 0.15) is 13.2 Å². The fourth-order valence-corrected chi connectivity index (χ4v) is 2.49. The Morgan fingerprint density at radius 2 is 1.81 bits per heavy atom. The van der Waals surface area contributed by atoms with Crippen molar-refractivity contribution in [3.05, 3.63) is 24.3 Å². The van der Waals surface area contributed by atoms with Crippen LogP contribution in [0.4, 0.5) is 16.2 Å². The van der Waals surface area contributed by atoms with E-state index in [0.717, 1.165) is 11.4 Å². The molecular formula is C14H18N3O4+. The molecule has 21 heavy (non-hydrogen) atoms. The van der Waals surface area contributed by atoms with Gasteiger partial charge in [0.05, 0.1) is 13.2 Å². The van der Waals surface area contributed by atoms with Gasteiger partial charge in [-0.05, 0) is 24.3 Å². The Labute approximate surface area is 122 Å². The van der Waals surface area contributed by atoms with E-state index in [-0.39, 0.29) is 24.7 Å². The monoisotopic (exact) mass is 292 g/mol. The molecule has 112 valence electrons. The maximum atomic E-state index is 11.8. The summed E-state index contributed by atoms with van der Waals surface area (Å²) in [4.78, 5) is 26.8. The van der Waals surface area contributed by atoms with Gasteiger partial charge in [-0.15, -0.1) is 0 Å². The molecule has 3 N–H and O–H groups in total. The highest BCUT2D eigenvalue weighted by Crippen LogP contribution is 2.25. The van der Waals surface area contributed by atoms with Crippen LogP contribution in [-0.2, 0) is 14.3 Å². The molecule has 2 aliphatic rings. The minimum Gasteiger partial charge on any atom is -0.438 e. The third-order valence-electron chi connectivity index (χ3n) is 3.65. The lowest BCUT2D eigenvalue weighted by Gasteiger charge is -2.27. The van der Waals surface area contributed by atoms with Crippen molar-refractivity contribution in [2.45, 2.75) is 6.10 Å². The van der Waals surface area contributed by atoms with Gasteiger partial charge in [-0.2, -0.15) is 0 Å². The smallest absolute Gasteiger partial charge is 0.414 e. The van der Waals surface area contributed by atoms with Crippen LogP contribution in [0.15, 0.2) is 24.3 Å². The summed E-state index contributed by atoms with van der Waals surface area (Å²) in [6.45, 7) is 2.27. The number of rotatable bonds is 3. The van der Waals surface area contributed by atoms with Crippen LogP contribution >= 0.6 is 0 Å². The van der Waals surface area contributed by atoms with Gasteiger partial charge in [0, 0.05) is 17.9 Å². The SMILES string of the molecule is [NH3+]C[C@H]1CN(c2ccc(N3CCOCC3=O)cc2)C(=O)O1. The van der Waals surface area contributed by atoms with Crippen LogP contribution in [-0.4, -0.2) is 51.0 Å². The van der Waals surface area contributed by atoms with Crippen molar-refractivity contribution < 1.29 is 24.8 Å². The lowest BCUT2D eigenvalue weighted by molar-refractivity contribution is -0.380. The fourth-order valence-electron chi connectivity index (χ4n) is 2.49. The first-order valence-electron chi connectivity index (χ1n) is 6.94. The number of quaternary nitrogens is 1. The Kier molecular flexibility index (Phi) is 3.76. The fraction of sp³-hybridized carbons (Fsp3) is 0.429. The lowest BCUT2D eigenvalue weighted by atomic mass is 10.2. The van der Waals surface area contributed by atoms with Gasteiger partial charge in [-0.3, -0.25) is 9.69 Å². The number of benzene rings is 1. The highest BCUT2D eigenvalue weighted by atomic mass is 16.6. The van der Waals surface area contributed by atoms with E-state index < -0.39 is 0 Å². The van der Waals surface area contributed by atoms with Gasteiger partial charge in [-0.25, -0.2) is 4.79 Å². The second-order valence-corrected chi connectivity index (χ2v) is 5.02. The van der Waals surface area contributed by atoms with Crippen molar-refractivity contribution >= 4 is 23.4 Å². The molecule has 2 saturated heterocycles. The van der Waals surface area contributed by atoms with E-state index in [0.29, 0.717) is 26.2 Å². The molecule has 0 bridgehead atoms. The number of amides is 2. The van der Waals surface area contributed by atoms with Gasteiger partial charge in [0.2, 0.25) is 0 Å². The summed E-state index contributed by atoms with van der Waals surface area (Å²) < 4.78 is 10.3. The topological polar surface area (TPSA) is 86.7 Å². The van der Waals surface area contributed by atoms with Gasteiger partial charge < -0.3 is 20.1 Å². The number of hydrogen-bond donors (Lipinski definition) is 1. The predicted molar refractivity (Wildman–Crippen MR) is 75.0 cm³/mol. The minimum absolute atomic E-state index is 0.0493. The average Bonchev–Trinajstić information content (AvgIpc) is 2.89. The summed E-state index contributed by atoms with van der Waals surface area (Å²) >= 11 is 0. The molecule has 7 heteroatoms. The number of anilines is 2. The molecule has 2 fully saturated rings. The van der Waals surface area contributed by atoms with Crippen LogP contribution in [0, 0.1) is 0 Å². The Bertz CT molecular complexity index is 546. The van der Waals surface area contributed by atoms with Crippen molar-refractivity contribution in [2.24, 2.45) is 0 Å². The number of carbonyl (C=O) groups excluding carboxylic acids is 2. The van der Waals surface area contributed by atoms with Gasteiger partial charge in [0.15, 0.2) is 6.10 Å². The summed E-state index contributed by atoms with van der Waals surface area (Å²) in [7, 11) is 0. The van der Waals surface area contributed by atoms with Crippen molar-refractivity contribution in [3.63, 3.8) is 0 Å². The summed E-state index contributed by atoms with van der Waals surface area (Å²) in [5, 5.41) is 0. The van der Waals surface area contributed by atoms with Crippen molar-refractivity contribution in [1.82, 2.24) is 0 Å². The van der Waals surface area contributed by atoms with Crippen molar-refractivity contribution in [3.8, 4) is 0 Å². The summed E-state index contributed by atoms with van der Waals surface area (Å²) in [6.07, 6.45) is -0.503. The third-order valence-corrected chi connectivity index (χ3v) is 3.65. The minimum atomic E-state index is -0.348. The zero-order valence-electron chi connectivity index (χ0n) is 11.7.